The van der Waals surface area contributed by atoms with Crippen LogP contribution < -0.4 is 14.0 Å². The number of nitrogens with zero attached hydrogens (tertiary/aromatic N) is 1. The molecule has 0 amide bonds. The number of unbranched alkanes of at least 4 members (excludes halogenated alkanes) is 12. The molecule has 4 aromatic carbocycles. The number of quaternary nitrogens is 1. The molecule has 0 aliphatic rings. The molecule has 0 fully saturated rings. The van der Waals surface area contributed by atoms with Crippen LogP contribution in [-0.4, -0.2) is 38.0 Å². The molecule has 0 aliphatic heterocycles. The SMILES string of the molecule is CCCCCCC[N+](CCCCCCC)(CCCCCCC)C(CC)(OCC)c1c(OB(Oc2cc(C(F)(F)F)cc(C(F)(F)F)c2)Oc2cc(C(F)(F)F)cc(C(F)(F)F)c2)cc(C(F)(F)F)cc1C(F)(F)F.FC(F)(F)c1c[c-]cc(C(F)(F)F)c1. The summed E-state index contributed by atoms with van der Waals surface area (Å²) in [5, 5.41) is 0. The average molecular weight is 1310 g/mol. The summed E-state index contributed by atoms with van der Waals surface area (Å²) in [6, 6.07) is 1.24. The molecule has 0 heterocycles. The van der Waals surface area contributed by atoms with Crippen LogP contribution in [0.25, 0.3) is 0 Å². The summed E-state index contributed by atoms with van der Waals surface area (Å²) in [6.07, 6.45) is -34.4. The van der Waals surface area contributed by atoms with Gasteiger partial charge in [0.2, 0.25) is 5.72 Å². The van der Waals surface area contributed by atoms with E-state index in [1.807, 2.05) is 20.8 Å². The van der Waals surface area contributed by atoms with E-state index in [-0.39, 0.29) is 66.6 Å². The minimum atomic E-state index is -5.76. The molecule has 5 nitrogen and oxygen atoms in total. The van der Waals surface area contributed by atoms with E-state index in [2.05, 4.69) is 0 Å². The minimum Gasteiger partial charge on any atom is -0.490 e. The van der Waals surface area contributed by atoms with E-state index in [1.54, 1.807) is 6.07 Å². The fourth-order valence-electron chi connectivity index (χ4n) is 9.92. The van der Waals surface area contributed by atoms with Crippen LogP contribution in [0.1, 0.15) is 187 Å². The van der Waals surface area contributed by atoms with Crippen LogP contribution >= 0.6 is 0 Å². The Kier molecular flexibility index (Phi) is 27.5. The first kappa shape index (κ1) is 76.8. The maximum Gasteiger partial charge on any atom is 0.864 e. The molecular formula is C58H66BF24NO4. The molecule has 1 unspecified atom stereocenters. The summed E-state index contributed by atoms with van der Waals surface area (Å²) in [5.41, 5.74) is -18.8. The van der Waals surface area contributed by atoms with Crippen molar-refractivity contribution in [1.82, 2.24) is 0 Å². The van der Waals surface area contributed by atoms with E-state index in [4.69, 9.17) is 18.7 Å². The van der Waals surface area contributed by atoms with Crippen molar-refractivity contribution in [2.24, 2.45) is 0 Å². The Hall–Kier alpha value is -5.42. The summed E-state index contributed by atoms with van der Waals surface area (Å²) in [4.78, 5) is 0. The lowest BCUT2D eigenvalue weighted by Gasteiger charge is -2.54. The van der Waals surface area contributed by atoms with Gasteiger partial charge in [0.1, 0.15) is 17.2 Å². The van der Waals surface area contributed by atoms with E-state index >= 15 is 13.2 Å². The lowest BCUT2D eigenvalue weighted by molar-refractivity contribution is -1.01. The van der Waals surface area contributed by atoms with Gasteiger partial charge in [-0.1, -0.05) is 96.6 Å². The van der Waals surface area contributed by atoms with E-state index in [0.717, 1.165) is 38.5 Å². The number of ether oxygens (including phenoxy) is 1. The van der Waals surface area contributed by atoms with Crippen LogP contribution in [-0.2, 0) is 59.9 Å². The standard InChI is InChI=1S/C50H63BF18NO4.C8H3F6/c1-6-11-14-17-20-23-70(24-21-18-15-12-7-2,25-22-19-16-13-8-3)44(9-4,71-10-5)43-41(50(67,68)69)32-38(49(64,65)66)33-42(43)74-51(72-39-28-34(45(52,53)54)26-35(29-39)46(55,56)57)73-40-30-36(47(58,59)60)27-37(31-40)48(61,62)63;9-7(10,11)5-2-1-3-6(4-5)8(12,13)14/h26-33H,6-25H2,1-5H3;2-4H/q+1;-1. The van der Waals surface area contributed by atoms with Gasteiger partial charge in [-0.05, 0) is 94.0 Å². The lowest BCUT2D eigenvalue weighted by atomic mass is 9.86. The summed E-state index contributed by atoms with van der Waals surface area (Å²) >= 11 is 0. The summed E-state index contributed by atoms with van der Waals surface area (Å²) in [7, 11) is -3.34. The van der Waals surface area contributed by atoms with Crippen molar-refractivity contribution in [3.8, 4) is 17.2 Å². The molecule has 30 heteroatoms. The maximum atomic E-state index is 15.9. The van der Waals surface area contributed by atoms with Gasteiger partial charge in [-0.2, -0.15) is 124 Å². The van der Waals surface area contributed by atoms with Crippen molar-refractivity contribution in [3.05, 3.63) is 123 Å². The molecule has 0 saturated heterocycles. The normalized spacial score (nSPS) is 13.9. The number of benzene rings is 4. The topological polar surface area (TPSA) is 36.9 Å². The Morgan fingerprint density at radius 2 is 0.659 bits per heavy atom. The van der Waals surface area contributed by atoms with Crippen LogP contribution in [0, 0.1) is 6.07 Å². The lowest BCUT2D eigenvalue weighted by Crippen LogP contribution is -2.65. The second-order valence-corrected chi connectivity index (χ2v) is 20.7. The quantitative estimate of drug-likeness (QED) is 0.0136. The van der Waals surface area contributed by atoms with E-state index in [9.17, 15) is 92.2 Å². The fourth-order valence-corrected chi connectivity index (χ4v) is 9.92. The van der Waals surface area contributed by atoms with E-state index in [1.165, 1.54) is 13.8 Å². The molecule has 1 atom stereocenters. The Bertz CT molecular complexity index is 2560. The smallest absolute Gasteiger partial charge is 0.490 e. The molecule has 88 heavy (non-hydrogen) atoms. The van der Waals surface area contributed by atoms with Crippen molar-refractivity contribution in [2.75, 3.05) is 26.2 Å². The second kappa shape index (κ2) is 31.6. The van der Waals surface area contributed by atoms with Gasteiger partial charge in [-0.15, -0.1) is 6.07 Å². The molecule has 0 aromatic heterocycles. The Balaban J connectivity index is 0.00000126. The Labute approximate surface area is 493 Å². The molecule has 0 bridgehead atoms. The van der Waals surface area contributed by atoms with Gasteiger partial charge < -0.3 is 18.7 Å². The first-order chi connectivity index (χ1) is 40.4. The monoisotopic (exact) mass is 1310 g/mol. The van der Waals surface area contributed by atoms with E-state index < -0.39 is 155 Å². The van der Waals surface area contributed by atoms with Crippen LogP contribution in [0.5, 0.6) is 17.2 Å². The van der Waals surface area contributed by atoms with Crippen LogP contribution in [0.3, 0.4) is 0 Å². The average Bonchev–Trinajstić information content (AvgIpc) is 0.784. The molecule has 0 saturated carbocycles. The zero-order chi connectivity index (χ0) is 67.0. The van der Waals surface area contributed by atoms with Gasteiger partial charge in [0.25, 0.3) is 0 Å². The van der Waals surface area contributed by atoms with Gasteiger partial charge in [0, 0.05) is 6.42 Å². The van der Waals surface area contributed by atoms with Crippen molar-refractivity contribution in [1.29, 1.82) is 0 Å². The maximum absolute atomic E-state index is 15.9. The first-order valence-electron chi connectivity index (χ1n) is 28.0. The number of hydrogen-bond acceptors (Lipinski definition) is 4. The van der Waals surface area contributed by atoms with Gasteiger partial charge in [0.05, 0.1) is 65.2 Å². The van der Waals surface area contributed by atoms with Gasteiger partial charge in [0.15, 0.2) is 0 Å². The van der Waals surface area contributed by atoms with Crippen molar-refractivity contribution >= 4 is 7.32 Å². The summed E-state index contributed by atoms with van der Waals surface area (Å²) in [6.45, 7) is 8.38. The highest BCUT2D eigenvalue weighted by atomic mass is 19.4. The van der Waals surface area contributed by atoms with Crippen LogP contribution in [0.4, 0.5) is 105 Å². The zero-order valence-corrected chi connectivity index (χ0v) is 48.2. The molecule has 498 valence electrons. The predicted octanol–water partition coefficient (Wildman–Crippen LogP) is 22.2. The van der Waals surface area contributed by atoms with Crippen LogP contribution in [0.15, 0.2) is 66.7 Å². The molecular weight excluding hydrogens is 1240 g/mol. The highest BCUT2D eigenvalue weighted by Crippen LogP contribution is 2.53. The third-order valence-electron chi connectivity index (χ3n) is 14.1. The summed E-state index contributed by atoms with van der Waals surface area (Å²) in [5.74, 6) is -4.70. The van der Waals surface area contributed by atoms with Gasteiger partial charge >= 0.3 is 56.7 Å². The van der Waals surface area contributed by atoms with Crippen molar-refractivity contribution in [3.63, 3.8) is 0 Å². The first-order valence-corrected chi connectivity index (χ1v) is 28.0. The number of halogens is 24. The Morgan fingerprint density at radius 3 is 0.943 bits per heavy atom. The third kappa shape index (κ3) is 22.5. The largest absolute Gasteiger partial charge is 0.864 e. The highest BCUT2D eigenvalue weighted by molar-refractivity contribution is 6.39. The predicted molar refractivity (Wildman–Crippen MR) is 277 cm³/mol. The zero-order valence-electron chi connectivity index (χ0n) is 48.2. The molecule has 4 aromatic rings. The van der Waals surface area contributed by atoms with Crippen LogP contribution in [0.2, 0.25) is 0 Å². The van der Waals surface area contributed by atoms with Gasteiger partial charge in [-0.25, -0.2) is 0 Å². The van der Waals surface area contributed by atoms with Crippen molar-refractivity contribution < 1.29 is 129 Å². The second-order valence-electron chi connectivity index (χ2n) is 20.7. The number of hydrogen-bond donors (Lipinski definition) is 0. The molecule has 0 spiro atoms. The van der Waals surface area contributed by atoms with E-state index in [0.29, 0.717) is 69.9 Å². The fraction of sp³-hybridized carbons (Fsp3) is 0.586. The molecule has 4 rings (SSSR count). The molecule has 0 aliphatic carbocycles. The number of rotatable bonds is 29. The van der Waals surface area contributed by atoms with Gasteiger partial charge in [-0.3, -0.25) is 4.48 Å². The number of alkyl halides is 24. The molecule has 0 N–H and O–H groups in total. The highest BCUT2D eigenvalue weighted by Gasteiger charge is 2.58. The summed E-state index contributed by atoms with van der Waals surface area (Å²) < 4.78 is 356. The third-order valence-corrected chi connectivity index (χ3v) is 14.1. The molecule has 0 radical (unpaired) electrons. The van der Waals surface area contributed by atoms with Crippen molar-refractivity contribution in [2.45, 2.75) is 192 Å². The minimum absolute atomic E-state index is 0.00665. The Morgan fingerprint density at radius 1 is 0.352 bits per heavy atom.